The Morgan fingerprint density at radius 3 is 2.27 bits per heavy atom. The van der Waals surface area contributed by atoms with Crippen LogP contribution in [-0.2, 0) is 0 Å². The highest BCUT2D eigenvalue weighted by Crippen LogP contribution is 2.52. The average Bonchev–Trinajstić information content (AvgIpc) is 2.53. The fourth-order valence-corrected chi connectivity index (χ4v) is 4.62. The van der Waals surface area contributed by atoms with E-state index >= 15 is 0 Å². The van der Waals surface area contributed by atoms with E-state index in [-0.39, 0.29) is 0 Å². The lowest BCUT2D eigenvalue weighted by Gasteiger charge is -2.20. The van der Waals surface area contributed by atoms with Crippen molar-refractivity contribution >= 4 is 29.2 Å². The molecule has 108 valence electrons. The van der Waals surface area contributed by atoms with Crippen molar-refractivity contribution in [2.45, 2.75) is 19.6 Å². The van der Waals surface area contributed by atoms with Crippen molar-refractivity contribution in [3.05, 3.63) is 66.7 Å². The number of benzene rings is 3. The Bertz CT molecular complexity index is 848. The van der Waals surface area contributed by atoms with Crippen molar-refractivity contribution in [1.29, 1.82) is 0 Å². The highest BCUT2D eigenvalue weighted by molar-refractivity contribution is 8.05. The molecular formula is C18H13NOS2. The van der Waals surface area contributed by atoms with Crippen molar-refractivity contribution in [1.82, 2.24) is 0 Å². The fourth-order valence-electron chi connectivity index (χ4n) is 2.31. The maximum Gasteiger partial charge on any atom is 0.142 e. The number of hydrogen-bond donors (Lipinski definition) is 1. The molecule has 2 N–H and O–H groups in total. The summed E-state index contributed by atoms with van der Waals surface area (Å²) in [5, 5.41) is 0. The second kappa shape index (κ2) is 5.63. The van der Waals surface area contributed by atoms with E-state index in [1.807, 2.05) is 36.4 Å². The van der Waals surface area contributed by atoms with Crippen LogP contribution in [0.15, 0.2) is 86.3 Å². The van der Waals surface area contributed by atoms with Crippen LogP contribution in [0.5, 0.6) is 11.5 Å². The van der Waals surface area contributed by atoms with Gasteiger partial charge in [-0.2, -0.15) is 0 Å². The lowest BCUT2D eigenvalue weighted by Crippen LogP contribution is -1.94. The number of nitrogen functional groups attached to an aromatic ring is 1. The summed E-state index contributed by atoms with van der Waals surface area (Å²) in [5.74, 6) is 1.63. The predicted molar refractivity (Wildman–Crippen MR) is 92.1 cm³/mol. The standard InChI is InChI=1S/C18H13NOS2/c19-12-5-3-6-13(11-12)20-14-7-4-10-17-18(14)22-16-9-2-1-8-15(16)21-17/h1-11H,19H2. The van der Waals surface area contributed by atoms with Gasteiger partial charge in [0.15, 0.2) is 0 Å². The Hall–Kier alpha value is -2.04. The van der Waals surface area contributed by atoms with Gasteiger partial charge in [-0.1, -0.05) is 47.8 Å². The number of nitrogens with two attached hydrogens (primary N) is 1. The highest BCUT2D eigenvalue weighted by Gasteiger charge is 2.20. The minimum atomic E-state index is 0.703. The molecule has 3 aromatic rings. The van der Waals surface area contributed by atoms with Crippen LogP contribution in [0.25, 0.3) is 0 Å². The molecule has 1 aliphatic rings. The van der Waals surface area contributed by atoms with Crippen LogP contribution >= 0.6 is 23.5 Å². The monoisotopic (exact) mass is 323 g/mol. The predicted octanol–water partition coefficient (Wildman–Crippen LogP) is 5.68. The van der Waals surface area contributed by atoms with Crippen LogP contribution in [0.2, 0.25) is 0 Å². The van der Waals surface area contributed by atoms with Crippen LogP contribution in [0, 0.1) is 0 Å². The normalized spacial score (nSPS) is 12.4. The zero-order valence-corrected chi connectivity index (χ0v) is 13.3. The van der Waals surface area contributed by atoms with Gasteiger partial charge >= 0.3 is 0 Å². The maximum absolute atomic E-state index is 6.06. The zero-order chi connectivity index (χ0) is 14.9. The van der Waals surface area contributed by atoms with Crippen molar-refractivity contribution in [3.63, 3.8) is 0 Å². The Labute approximate surface area is 137 Å². The van der Waals surface area contributed by atoms with Gasteiger partial charge in [0.2, 0.25) is 0 Å². The lowest BCUT2D eigenvalue weighted by atomic mass is 10.3. The number of fused-ring (bicyclic) bond motifs is 2. The number of rotatable bonds is 2. The van der Waals surface area contributed by atoms with Gasteiger partial charge in [-0.3, -0.25) is 0 Å². The molecule has 0 fully saturated rings. The molecular weight excluding hydrogens is 310 g/mol. The van der Waals surface area contributed by atoms with Crippen LogP contribution in [0.4, 0.5) is 5.69 Å². The van der Waals surface area contributed by atoms with Crippen molar-refractivity contribution in [2.75, 3.05) is 5.73 Å². The van der Waals surface area contributed by atoms with Gasteiger partial charge in [-0.15, -0.1) is 0 Å². The first-order chi connectivity index (χ1) is 10.8. The number of ether oxygens (including phenoxy) is 1. The minimum Gasteiger partial charge on any atom is -0.456 e. The average molecular weight is 323 g/mol. The van der Waals surface area contributed by atoms with Crippen molar-refractivity contribution in [3.8, 4) is 11.5 Å². The Kier molecular flexibility index (Phi) is 3.48. The molecule has 1 heterocycles. The van der Waals surface area contributed by atoms with E-state index in [0.717, 1.165) is 16.4 Å². The van der Waals surface area contributed by atoms with Gasteiger partial charge in [0.05, 0.1) is 4.90 Å². The molecule has 4 rings (SSSR count). The molecule has 0 spiro atoms. The van der Waals surface area contributed by atoms with Crippen molar-refractivity contribution < 1.29 is 4.74 Å². The summed E-state index contributed by atoms with van der Waals surface area (Å²) in [4.78, 5) is 4.95. The van der Waals surface area contributed by atoms with Crippen LogP contribution in [0.1, 0.15) is 0 Å². The van der Waals surface area contributed by atoms with E-state index in [0.29, 0.717) is 5.69 Å². The summed E-state index contributed by atoms with van der Waals surface area (Å²) in [6.07, 6.45) is 0. The Morgan fingerprint density at radius 1 is 0.727 bits per heavy atom. The van der Waals surface area contributed by atoms with Gasteiger partial charge in [0.25, 0.3) is 0 Å². The molecule has 0 aliphatic carbocycles. The number of anilines is 1. The van der Waals surface area contributed by atoms with E-state index in [4.69, 9.17) is 10.5 Å². The summed E-state index contributed by atoms with van der Waals surface area (Å²) in [5.41, 5.74) is 6.53. The van der Waals surface area contributed by atoms with E-state index < -0.39 is 0 Å². The van der Waals surface area contributed by atoms with Crippen LogP contribution < -0.4 is 10.5 Å². The van der Waals surface area contributed by atoms with E-state index in [9.17, 15) is 0 Å². The first-order valence-corrected chi connectivity index (χ1v) is 8.54. The molecule has 1 aliphatic heterocycles. The highest BCUT2D eigenvalue weighted by atomic mass is 32.2. The molecule has 22 heavy (non-hydrogen) atoms. The van der Waals surface area contributed by atoms with Crippen molar-refractivity contribution in [2.24, 2.45) is 0 Å². The summed E-state index contributed by atoms with van der Waals surface area (Å²) in [7, 11) is 0. The van der Waals surface area contributed by atoms with Gasteiger partial charge in [-0.05, 0) is 36.4 Å². The Balaban J connectivity index is 1.72. The second-order valence-electron chi connectivity index (χ2n) is 4.91. The number of hydrogen-bond acceptors (Lipinski definition) is 4. The van der Waals surface area contributed by atoms with Gasteiger partial charge in [-0.25, -0.2) is 0 Å². The molecule has 0 amide bonds. The van der Waals surface area contributed by atoms with Crippen LogP contribution in [-0.4, -0.2) is 0 Å². The molecule has 0 atom stereocenters. The first-order valence-electron chi connectivity index (χ1n) is 6.91. The molecule has 0 saturated carbocycles. The van der Waals surface area contributed by atoms with E-state index in [2.05, 4.69) is 30.3 Å². The third-order valence-electron chi connectivity index (χ3n) is 3.31. The molecule has 0 aromatic heterocycles. The first kappa shape index (κ1) is 13.6. The van der Waals surface area contributed by atoms with Crippen LogP contribution in [0.3, 0.4) is 0 Å². The lowest BCUT2D eigenvalue weighted by molar-refractivity contribution is 0.468. The summed E-state index contributed by atoms with van der Waals surface area (Å²) < 4.78 is 6.06. The zero-order valence-electron chi connectivity index (χ0n) is 11.7. The Morgan fingerprint density at radius 2 is 1.45 bits per heavy atom. The van der Waals surface area contributed by atoms with Gasteiger partial charge in [0.1, 0.15) is 11.5 Å². The third kappa shape index (κ3) is 2.56. The molecule has 3 aromatic carbocycles. The SMILES string of the molecule is Nc1cccc(Oc2cccc3c2Sc2ccccc2S3)c1. The van der Waals surface area contributed by atoms with E-state index in [1.54, 1.807) is 23.5 Å². The summed E-state index contributed by atoms with van der Waals surface area (Å²) in [6, 6.07) is 22.1. The smallest absolute Gasteiger partial charge is 0.142 e. The fraction of sp³-hybridized carbons (Fsp3) is 0. The van der Waals surface area contributed by atoms with Gasteiger partial charge in [0, 0.05) is 26.4 Å². The third-order valence-corrected chi connectivity index (χ3v) is 5.91. The molecule has 0 bridgehead atoms. The summed E-state index contributed by atoms with van der Waals surface area (Å²) >= 11 is 3.54. The molecule has 2 nitrogen and oxygen atoms in total. The summed E-state index contributed by atoms with van der Waals surface area (Å²) in [6.45, 7) is 0. The minimum absolute atomic E-state index is 0.703. The molecule has 0 saturated heterocycles. The second-order valence-corrected chi connectivity index (χ2v) is 7.04. The maximum atomic E-state index is 6.06. The largest absolute Gasteiger partial charge is 0.456 e. The van der Waals surface area contributed by atoms with Gasteiger partial charge < -0.3 is 10.5 Å². The molecule has 0 radical (unpaired) electrons. The quantitative estimate of drug-likeness (QED) is 0.482. The topological polar surface area (TPSA) is 35.2 Å². The molecule has 0 unspecified atom stereocenters. The van der Waals surface area contributed by atoms with E-state index in [1.165, 1.54) is 14.7 Å². The molecule has 4 heteroatoms.